The first kappa shape index (κ1) is 15.8. The van der Waals surface area contributed by atoms with Crippen molar-refractivity contribution < 1.29 is 19.0 Å². The summed E-state index contributed by atoms with van der Waals surface area (Å²) in [5, 5.41) is 12.1. The molecule has 5 heteroatoms. The van der Waals surface area contributed by atoms with Gasteiger partial charge in [0.1, 0.15) is 11.6 Å². The number of aliphatic hydroxyl groups is 1. The highest BCUT2D eigenvalue weighted by molar-refractivity contribution is 5.75. The van der Waals surface area contributed by atoms with E-state index < -0.39 is 0 Å². The van der Waals surface area contributed by atoms with Gasteiger partial charge in [-0.1, -0.05) is 12.5 Å². The average molecular weight is 295 g/mol. The zero-order valence-corrected chi connectivity index (χ0v) is 12.1. The van der Waals surface area contributed by atoms with Crippen molar-refractivity contribution >= 4 is 5.91 Å². The molecule has 116 valence electrons. The largest absolute Gasteiger partial charge is 0.493 e. The quantitative estimate of drug-likeness (QED) is 0.810. The summed E-state index contributed by atoms with van der Waals surface area (Å²) in [4.78, 5) is 11.7. The van der Waals surface area contributed by atoms with Crippen molar-refractivity contribution in [3.8, 4) is 5.75 Å². The minimum Gasteiger partial charge on any atom is -0.493 e. The molecule has 2 N–H and O–H groups in total. The van der Waals surface area contributed by atoms with Crippen LogP contribution < -0.4 is 10.1 Å². The predicted molar refractivity (Wildman–Crippen MR) is 77.4 cm³/mol. The number of aliphatic hydroxyl groups excluding tert-OH is 1. The monoisotopic (exact) mass is 295 g/mol. The van der Waals surface area contributed by atoms with Crippen LogP contribution in [0.5, 0.6) is 5.75 Å². The van der Waals surface area contributed by atoms with Crippen molar-refractivity contribution in [2.75, 3.05) is 19.8 Å². The van der Waals surface area contributed by atoms with Crippen molar-refractivity contribution in [2.24, 2.45) is 11.8 Å². The average Bonchev–Trinajstić information content (AvgIpc) is 2.92. The van der Waals surface area contributed by atoms with Crippen LogP contribution in [0, 0.1) is 17.7 Å². The molecule has 0 aliphatic heterocycles. The Hall–Kier alpha value is -1.62. The molecule has 0 aromatic heterocycles. The normalized spacial score (nSPS) is 21.2. The van der Waals surface area contributed by atoms with Gasteiger partial charge in [-0.05, 0) is 36.8 Å². The van der Waals surface area contributed by atoms with Crippen LogP contribution in [-0.4, -0.2) is 30.8 Å². The van der Waals surface area contributed by atoms with Gasteiger partial charge in [-0.25, -0.2) is 4.39 Å². The Balaban J connectivity index is 1.63. The van der Waals surface area contributed by atoms with Crippen molar-refractivity contribution in [3.63, 3.8) is 0 Å². The minimum absolute atomic E-state index is 0.0741. The van der Waals surface area contributed by atoms with E-state index in [0.717, 1.165) is 19.3 Å². The van der Waals surface area contributed by atoms with Crippen molar-refractivity contribution in [1.82, 2.24) is 5.32 Å². The zero-order valence-electron chi connectivity index (χ0n) is 12.1. The number of carbonyl (C=O) groups excluding carboxylic acids is 1. The summed E-state index contributed by atoms with van der Waals surface area (Å²) < 4.78 is 18.3. The Kier molecular flexibility index (Phi) is 5.99. The van der Waals surface area contributed by atoms with Gasteiger partial charge in [0.25, 0.3) is 0 Å². The molecule has 0 spiro atoms. The third-order valence-electron chi connectivity index (χ3n) is 4.01. The first-order chi connectivity index (χ1) is 10.2. The molecule has 1 saturated carbocycles. The molecule has 1 aromatic carbocycles. The minimum atomic E-state index is -0.353. The Labute approximate surface area is 124 Å². The van der Waals surface area contributed by atoms with E-state index in [9.17, 15) is 14.3 Å². The van der Waals surface area contributed by atoms with E-state index in [1.54, 1.807) is 12.1 Å². The van der Waals surface area contributed by atoms with Gasteiger partial charge in [-0.3, -0.25) is 4.79 Å². The van der Waals surface area contributed by atoms with Crippen molar-refractivity contribution in [2.45, 2.75) is 25.7 Å². The second kappa shape index (κ2) is 7.98. The highest BCUT2D eigenvalue weighted by Gasteiger charge is 2.26. The van der Waals surface area contributed by atoms with E-state index in [-0.39, 0.29) is 31.4 Å². The lowest BCUT2D eigenvalue weighted by molar-refractivity contribution is -0.121. The van der Waals surface area contributed by atoms with Crippen LogP contribution in [0.4, 0.5) is 4.39 Å². The van der Waals surface area contributed by atoms with Gasteiger partial charge in [0.2, 0.25) is 5.91 Å². The van der Waals surface area contributed by atoms with Gasteiger partial charge < -0.3 is 15.2 Å². The maximum atomic E-state index is 12.9. The Morgan fingerprint density at radius 2 is 2.19 bits per heavy atom. The number of hydrogen-bond donors (Lipinski definition) is 2. The molecule has 2 rings (SSSR count). The molecule has 0 radical (unpaired) electrons. The molecule has 1 fully saturated rings. The van der Waals surface area contributed by atoms with Crippen LogP contribution in [0.1, 0.15) is 25.7 Å². The van der Waals surface area contributed by atoms with E-state index in [2.05, 4.69) is 5.32 Å². The van der Waals surface area contributed by atoms with Crippen molar-refractivity contribution in [1.29, 1.82) is 0 Å². The van der Waals surface area contributed by atoms with Crippen LogP contribution in [0.25, 0.3) is 0 Å². The summed E-state index contributed by atoms with van der Waals surface area (Å²) in [6.45, 7) is 1.04. The third kappa shape index (κ3) is 5.01. The highest BCUT2D eigenvalue weighted by atomic mass is 19.1. The van der Waals surface area contributed by atoms with E-state index >= 15 is 0 Å². The predicted octanol–water partition coefficient (Wildman–Crippen LogP) is 2.12. The van der Waals surface area contributed by atoms with Crippen LogP contribution >= 0.6 is 0 Å². The van der Waals surface area contributed by atoms with Crippen LogP contribution in [0.15, 0.2) is 24.3 Å². The third-order valence-corrected chi connectivity index (χ3v) is 4.01. The van der Waals surface area contributed by atoms with E-state index in [1.165, 1.54) is 12.1 Å². The number of hydrogen-bond acceptors (Lipinski definition) is 3. The van der Waals surface area contributed by atoms with Crippen LogP contribution in [0.3, 0.4) is 0 Å². The smallest absolute Gasteiger partial charge is 0.223 e. The highest BCUT2D eigenvalue weighted by Crippen LogP contribution is 2.30. The van der Waals surface area contributed by atoms with Gasteiger partial charge >= 0.3 is 0 Å². The molecular weight excluding hydrogens is 273 g/mol. The summed E-state index contributed by atoms with van der Waals surface area (Å²) in [5.74, 6) is 0.694. The lowest BCUT2D eigenvalue weighted by atomic mass is 9.97. The standard InChI is InChI=1S/C16H22FNO3/c17-14-5-2-6-15(9-14)21-8-7-16(20)18-10-12-3-1-4-13(12)11-19/h2,5-6,9,12-13,19H,1,3-4,7-8,10-11H2,(H,18,20). The number of benzene rings is 1. The zero-order chi connectivity index (χ0) is 15.1. The van der Waals surface area contributed by atoms with Crippen LogP contribution in [-0.2, 0) is 4.79 Å². The molecule has 0 bridgehead atoms. The Morgan fingerprint density at radius 1 is 1.38 bits per heavy atom. The number of rotatable bonds is 7. The molecule has 0 heterocycles. The molecule has 1 aliphatic carbocycles. The van der Waals surface area contributed by atoms with E-state index in [0.29, 0.717) is 24.1 Å². The molecule has 1 aliphatic rings. The van der Waals surface area contributed by atoms with E-state index in [4.69, 9.17) is 4.74 Å². The molecule has 2 atom stereocenters. The number of nitrogens with one attached hydrogen (secondary N) is 1. The maximum Gasteiger partial charge on any atom is 0.223 e. The first-order valence-corrected chi connectivity index (χ1v) is 7.45. The SMILES string of the molecule is O=C(CCOc1cccc(F)c1)NCC1CCCC1CO. The summed E-state index contributed by atoms with van der Waals surface area (Å²) in [5.41, 5.74) is 0. The first-order valence-electron chi connectivity index (χ1n) is 7.45. The fraction of sp³-hybridized carbons (Fsp3) is 0.562. The maximum absolute atomic E-state index is 12.9. The number of ether oxygens (including phenoxy) is 1. The van der Waals surface area contributed by atoms with Gasteiger partial charge in [0.15, 0.2) is 0 Å². The van der Waals surface area contributed by atoms with E-state index in [1.807, 2.05) is 0 Å². The summed E-state index contributed by atoms with van der Waals surface area (Å²) >= 11 is 0. The molecule has 2 unspecified atom stereocenters. The number of carbonyl (C=O) groups is 1. The Morgan fingerprint density at radius 3 is 2.95 bits per heavy atom. The summed E-state index contributed by atoms with van der Waals surface area (Å²) in [6, 6.07) is 5.87. The van der Waals surface area contributed by atoms with Gasteiger partial charge in [0, 0.05) is 19.2 Å². The number of amides is 1. The topological polar surface area (TPSA) is 58.6 Å². The van der Waals surface area contributed by atoms with Gasteiger partial charge in [-0.2, -0.15) is 0 Å². The fourth-order valence-electron chi connectivity index (χ4n) is 2.77. The molecule has 1 aromatic rings. The second-order valence-corrected chi connectivity index (χ2v) is 5.49. The van der Waals surface area contributed by atoms with Crippen LogP contribution in [0.2, 0.25) is 0 Å². The molecular formula is C16H22FNO3. The lowest BCUT2D eigenvalue weighted by Gasteiger charge is -2.17. The van der Waals surface area contributed by atoms with Gasteiger partial charge in [-0.15, -0.1) is 0 Å². The fourth-order valence-corrected chi connectivity index (χ4v) is 2.77. The molecule has 1 amide bonds. The lowest BCUT2D eigenvalue weighted by Crippen LogP contribution is -2.32. The second-order valence-electron chi connectivity index (χ2n) is 5.49. The summed E-state index contributed by atoms with van der Waals surface area (Å²) in [7, 11) is 0. The molecule has 4 nitrogen and oxygen atoms in total. The summed E-state index contributed by atoms with van der Waals surface area (Å²) in [6.07, 6.45) is 3.46. The van der Waals surface area contributed by atoms with Gasteiger partial charge in [0.05, 0.1) is 13.0 Å². The molecule has 0 saturated heterocycles. The van der Waals surface area contributed by atoms with Crippen molar-refractivity contribution in [3.05, 3.63) is 30.1 Å². The Bertz CT molecular complexity index is 467. The molecule has 21 heavy (non-hydrogen) atoms. The number of halogens is 1.